The van der Waals surface area contributed by atoms with Gasteiger partial charge in [-0.1, -0.05) is 54.6 Å². The highest BCUT2D eigenvalue weighted by atomic mass is 16.5. The van der Waals surface area contributed by atoms with Crippen LogP contribution >= 0.6 is 0 Å². The van der Waals surface area contributed by atoms with Crippen molar-refractivity contribution in [2.75, 3.05) is 6.61 Å². The number of carbonyl (C=O) groups excluding carboxylic acids is 2. The molecular weight excluding hydrogens is 386 g/mol. The van der Waals surface area contributed by atoms with Crippen LogP contribution in [0.3, 0.4) is 0 Å². The fraction of sp³-hybridized carbons (Fsp3) is 0.259. The highest BCUT2D eigenvalue weighted by molar-refractivity contribution is 6.02. The van der Waals surface area contributed by atoms with Gasteiger partial charge in [-0.25, -0.2) is 0 Å². The van der Waals surface area contributed by atoms with Gasteiger partial charge in [-0.05, 0) is 53.3 Å². The lowest BCUT2D eigenvalue weighted by Crippen LogP contribution is -2.38. The van der Waals surface area contributed by atoms with E-state index < -0.39 is 0 Å². The zero-order chi connectivity index (χ0) is 21.4. The molecule has 0 spiro atoms. The molecule has 1 aliphatic carbocycles. The van der Waals surface area contributed by atoms with Crippen LogP contribution in [0.25, 0.3) is 10.8 Å². The minimum atomic E-state index is -0.179. The largest absolute Gasteiger partial charge is 0.494 e. The topological polar surface area (TPSA) is 55.4 Å². The third-order valence-electron chi connectivity index (χ3n) is 6.37. The first-order valence-electron chi connectivity index (χ1n) is 10.9. The maximum absolute atomic E-state index is 13.3. The highest BCUT2D eigenvalue weighted by Crippen LogP contribution is 2.43. The molecule has 0 aromatic heterocycles. The minimum Gasteiger partial charge on any atom is -0.494 e. The van der Waals surface area contributed by atoms with E-state index >= 15 is 0 Å². The van der Waals surface area contributed by atoms with Crippen LogP contribution in [0.1, 0.15) is 49.1 Å². The summed E-state index contributed by atoms with van der Waals surface area (Å²) < 4.78 is 5.53. The molecule has 1 amide bonds. The van der Waals surface area contributed by atoms with Crippen molar-refractivity contribution in [3.05, 3.63) is 89.1 Å². The van der Waals surface area contributed by atoms with Gasteiger partial charge in [0, 0.05) is 30.0 Å². The Bertz CT molecular complexity index is 1190. The number of nitrogens with one attached hydrogen (secondary N) is 1. The molecule has 156 valence electrons. The number of hydrogen-bond donors (Lipinski definition) is 1. The molecule has 2 unspecified atom stereocenters. The van der Waals surface area contributed by atoms with Crippen LogP contribution in [0, 0.1) is 0 Å². The van der Waals surface area contributed by atoms with Crippen LogP contribution in [-0.4, -0.2) is 18.3 Å². The SMILES string of the molecule is CCOc1ccc(C2CC(=O)C3=C(C2)NC(=O)CC3c2ccc3ccccc3c2)cc1. The molecular formula is C27H25NO3. The molecule has 1 N–H and O–H groups in total. The van der Waals surface area contributed by atoms with Crippen LogP contribution in [-0.2, 0) is 9.59 Å². The summed E-state index contributed by atoms with van der Waals surface area (Å²) in [6, 6.07) is 22.4. The number of carbonyl (C=O) groups is 2. The van der Waals surface area contributed by atoms with E-state index in [1.807, 2.05) is 43.3 Å². The van der Waals surface area contributed by atoms with Gasteiger partial charge < -0.3 is 10.1 Å². The van der Waals surface area contributed by atoms with Crippen molar-refractivity contribution >= 4 is 22.5 Å². The van der Waals surface area contributed by atoms with Gasteiger partial charge in [-0.2, -0.15) is 0 Å². The summed E-state index contributed by atoms with van der Waals surface area (Å²) in [5.41, 5.74) is 3.72. The fourth-order valence-electron chi connectivity index (χ4n) is 4.91. The zero-order valence-corrected chi connectivity index (χ0v) is 17.6. The third-order valence-corrected chi connectivity index (χ3v) is 6.37. The molecule has 5 rings (SSSR count). The number of amides is 1. The van der Waals surface area contributed by atoms with Crippen molar-refractivity contribution < 1.29 is 14.3 Å². The second kappa shape index (κ2) is 8.03. The minimum absolute atomic E-state index is 0.0166. The predicted molar refractivity (Wildman–Crippen MR) is 121 cm³/mol. The van der Waals surface area contributed by atoms with Crippen LogP contribution in [0.2, 0.25) is 0 Å². The number of ketones is 1. The molecule has 0 radical (unpaired) electrons. The lowest BCUT2D eigenvalue weighted by Gasteiger charge is -2.34. The zero-order valence-electron chi connectivity index (χ0n) is 17.6. The fourth-order valence-corrected chi connectivity index (χ4v) is 4.91. The molecule has 3 aromatic rings. The molecule has 0 fully saturated rings. The molecule has 0 saturated carbocycles. The van der Waals surface area contributed by atoms with Crippen molar-refractivity contribution in [2.24, 2.45) is 0 Å². The van der Waals surface area contributed by atoms with Crippen LogP contribution < -0.4 is 10.1 Å². The average molecular weight is 412 g/mol. The predicted octanol–water partition coefficient (Wildman–Crippen LogP) is 5.24. The number of hydrogen-bond acceptors (Lipinski definition) is 3. The lowest BCUT2D eigenvalue weighted by molar-refractivity contribution is -0.122. The first-order chi connectivity index (χ1) is 15.1. The third kappa shape index (κ3) is 3.74. The number of fused-ring (bicyclic) bond motifs is 1. The first-order valence-corrected chi connectivity index (χ1v) is 10.9. The summed E-state index contributed by atoms with van der Waals surface area (Å²) >= 11 is 0. The van der Waals surface area contributed by atoms with Gasteiger partial charge in [0.1, 0.15) is 5.75 Å². The Morgan fingerprint density at radius 2 is 1.61 bits per heavy atom. The number of rotatable bonds is 4. The highest BCUT2D eigenvalue weighted by Gasteiger charge is 2.38. The van der Waals surface area contributed by atoms with Gasteiger partial charge in [0.05, 0.1) is 6.61 Å². The van der Waals surface area contributed by atoms with Gasteiger partial charge in [0.25, 0.3) is 0 Å². The maximum Gasteiger partial charge on any atom is 0.225 e. The Kier molecular flexibility index (Phi) is 5.06. The van der Waals surface area contributed by atoms with E-state index in [-0.39, 0.29) is 23.5 Å². The summed E-state index contributed by atoms with van der Waals surface area (Å²) in [7, 11) is 0. The van der Waals surface area contributed by atoms with E-state index in [1.165, 1.54) is 0 Å². The maximum atomic E-state index is 13.3. The summed E-state index contributed by atoms with van der Waals surface area (Å²) in [6.07, 6.45) is 1.45. The molecule has 3 aromatic carbocycles. The van der Waals surface area contributed by atoms with E-state index in [0.717, 1.165) is 38.9 Å². The Balaban J connectivity index is 1.48. The summed E-state index contributed by atoms with van der Waals surface area (Å²) in [5.74, 6) is 0.839. The molecule has 31 heavy (non-hydrogen) atoms. The van der Waals surface area contributed by atoms with Crippen molar-refractivity contribution in [1.29, 1.82) is 0 Å². The first kappa shape index (κ1) is 19.6. The van der Waals surface area contributed by atoms with Gasteiger partial charge in [0.2, 0.25) is 5.91 Å². The molecule has 4 nitrogen and oxygen atoms in total. The Morgan fingerprint density at radius 3 is 2.39 bits per heavy atom. The Hall–Kier alpha value is -3.40. The Morgan fingerprint density at radius 1 is 0.871 bits per heavy atom. The summed E-state index contributed by atoms with van der Waals surface area (Å²) in [6.45, 7) is 2.58. The van der Waals surface area contributed by atoms with Crippen LogP contribution in [0.5, 0.6) is 5.75 Å². The van der Waals surface area contributed by atoms with E-state index in [0.29, 0.717) is 25.9 Å². The Labute approximate surface area is 181 Å². The number of benzene rings is 3. The van der Waals surface area contributed by atoms with Gasteiger partial charge >= 0.3 is 0 Å². The van der Waals surface area contributed by atoms with E-state index in [2.05, 4.69) is 35.6 Å². The van der Waals surface area contributed by atoms with Crippen molar-refractivity contribution in [3.63, 3.8) is 0 Å². The normalized spacial score (nSPS) is 21.1. The van der Waals surface area contributed by atoms with Crippen molar-refractivity contribution in [3.8, 4) is 5.75 Å². The molecule has 1 heterocycles. The average Bonchev–Trinajstić information content (AvgIpc) is 2.78. The summed E-state index contributed by atoms with van der Waals surface area (Å²) in [5, 5.41) is 5.30. The molecule has 0 saturated heterocycles. The molecule has 1 aliphatic heterocycles. The number of Topliss-reactive ketones (excluding diaryl/α,β-unsaturated/α-hetero) is 1. The second-order valence-electron chi connectivity index (χ2n) is 8.33. The van der Waals surface area contributed by atoms with Crippen molar-refractivity contribution in [1.82, 2.24) is 5.32 Å². The molecule has 2 atom stereocenters. The standard InChI is InChI=1S/C27H25NO3/c1-2-31-22-11-9-18(10-12-22)21-14-24-27(25(29)15-21)23(16-26(30)28-24)20-8-7-17-5-3-4-6-19(17)13-20/h3-13,21,23H,2,14-16H2,1H3,(H,28,30). The van der Waals surface area contributed by atoms with Crippen molar-refractivity contribution in [2.45, 2.75) is 38.0 Å². The van der Waals surface area contributed by atoms with Crippen LogP contribution in [0.15, 0.2) is 78.0 Å². The number of ether oxygens (including phenoxy) is 1. The van der Waals surface area contributed by atoms with E-state index in [4.69, 9.17) is 4.74 Å². The second-order valence-corrected chi connectivity index (χ2v) is 8.33. The molecule has 2 aliphatic rings. The van der Waals surface area contributed by atoms with E-state index in [9.17, 15) is 9.59 Å². The number of allylic oxidation sites excluding steroid dienone is 2. The van der Waals surface area contributed by atoms with Crippen LogP contribution in [0.4, 0.5) is 0 Å². The van der Waals surface area contributed by atoms with Gasteiger partial charge in [0.15, 0.2) is 5.78 Å². The van der Waals surface area contributed by atoms with Gasteiger partial charge in [-0.3, -0.25) is 9.59 Å². The van der Waals surface area contributed by atoms with E-state index in [1.54, 1.807) is 0 Å². The molecule has 0 bridgehead atoms. The quantitative estimate of drug-likeness (QED) is 0.639. The smallest absolute Gasteiger partial charge is 0.225 e. The molecule has 4 heteroatoms. The monoisotopic (exact) mass is 411 g/mol. The lowest BCUT2D eigenvalue weighted by atomic mass is 9.73. The van der Waals surface area contributed by atoms with Gasteiger partial charge in [-0.15, -0.1) is 0 Å². The summed E-state index contributed by atoms with van der Waals surface area (Å²) in [4.78, 5) is 25.9.